The first-order valence-electron chi connectivity index (χ1n) is 13.5. The second-order valence-corrected chi connectivity index (χ2v) is 12.0. The van der Waals surface area contributed by atoms with E-state index in [2.05, 4.69) is 37.0 Å². The molecule has 0 bridgehead atoms. The number of nitrogens with one attached hydrogen (secondary N) is 3. The van der Waals surface area contributed by atoms with Gasteiger partial charge < -0.3 is 24.9 Å². The molecule has 2 heterocycles. The molecule has 0 saturated heterocycles. The Kier molecular flexibility index (Phi) is 9.78. The summed E-state index contributed by atoms with van der Waals surface area (Å²) in [6.07, 6.45) is 1.49. The van der Waals surface area contributed by atoms with Gasteiger partial charge in [-0.25, -0.2) is 0 Å². The Hall–Kier alpha value is -4.87. The molecule has 2 aromatic heterocycles. The molecule has 3 aromatic carbocycles. The molecule has 0 fully saturated rings. The monoisotopic (exact) mass is 670 g/mol. The third kappa shape index (κ3) is 8.15. The van der Waals surface area contributed by atoms with Gasteiger partial charge in [0.05, 0.1) is 5.25 Å². The van der Waals surface area contributed by atoms with Crippen LogP contribution in [-0.4, -0.2) is 28.1 Å². The van der Waals surface area contributed by atoms with Crippen LogP contribution in [0.25, 0.3) is 17.4 Å². The van der Waals surface area contributed by atoms with Crippen LogP contribution in [0.2, 0.25) is 0 Å². The molecule has 5 rings (SSSR count). The van der Waals surface area contributed by atoms with Crippen molar-refractivity contribution in [3.63, 3.8) is 0 Å². The number of aromatic nitrogens is 1. The zero-order chi connectivity index (χ0) is 31.1. The highest BCUT2D eigenvalue weighted by Gasteiger charge is 2.18. The number of rotatable bonds is 10. The van der Waals surface area contributed by atoms with E-state index in [1.165, 1.54) is 17.8 Å². The van der Waals surface area contributed by atoms with Crippen LogP contribution < -0.4 is 16.0 Å². The number of aryl methyl sites for hydroxylation is 1. The van der Waals surface area contributed by atoms with Gasteiger partial charge in [0.15, 0.2) is 5.82 Å². The average molecular weight is 672 g/mol. The van der Waals surface area contributed by atoms with Gasteiger partial charge in [0, 0.05) is 38.3 Å². The van der Waals surface area contributed by atoms with Crippen LogP contribution in [0.3, 0.4) is 0 Å². The number of furan rings is 1. The summed E-state index contributed by atoms with van der Waals surface area (Å²) in [4.78, 5) is 39.7. The van der Waals surface area contributed by atoms with Crippen molar-refractivity contribution in [2.45, 2.75) is 24.0 Å². The number of carbonyl (C=O) groups is 3. The number of amides is 3. The molecular weight excluding hydrogens is 644 g/mol. The van der Waals surface area contributed by atoms with Gasteiger partial charge >= 0.3 is 0 Å². The predicted octanol–water partition coefficient (Wildman–Crippen LogP) is 7.53. The van der Waals surface area contributed by atoms with Crippen LogP contribution in [0.15, 0.2) is 121 Å². The van der Waals surface area contributed by atoms with E-state index in [0.717, 1.165) is 14.9 Å². The molecule has 1 atom stereocenters. The second kappa shape index (κ2) is 14.1. The van der Waals surface area contributed by atoms with Gasteiger partial charge in [-0.2, -0.15) is 0 Å². The molecular formula is C33H27BrN4O5S. The minimum Gasteiger partial charge on any atom is -0.457 e. The largest absolute Gasteiger partial charge is 0.457 e. The molecule has 0 unspecified atom stereocenters. The van der Waals surface area contributed by atoms with E-state index in [-0.39, 0.29) is 11.6 Å². The van der Waals surface area contributed by atoms with Crippen molar-refractivity contribution >= 4 is 63.0 Å². The average Bonchev–Trinajstić information content (AvgIpc) is 3.67. The zero-order valence-corrected chi connectivity index (χ0v) is 26.1. The van der Waals surface area contributed by atoms with Crippen molar-refractivity contribution in [2.24, 2.45) is 0 Å². The van der Waals surface area contributed by atoms with Crippen LogP contribution in [0.5, 0.6) is 0 Å². The van der Waals surface area contributed by atoms with Crippen molar-refractivity contribution < 1.29 is 23.3 Å². The van der Waals surface area contributed by atoms with Gasteiger partial charge in [-0.3, -0.25) is 14.4 Å². The SMILES string of the molecule is Cc1cc(NC(=O)[C@H](C)Sc2ccc(NC(=O)/C(=C/c3ccc(-c4ccc(Br)cc4)o3)NC(=O)c3ccccc3)cc2)no1. The fourth-order valence-electron chi connectivity index (χ4n) is 4.01. The number of thioether (sulfide) groups is 1. The predicted molar refractivity (Wildman–Crippen MR) is 174 cm³/mol. The van der Waals surface area contributed by atoms with Crippen molar-refractivity contribution in [1.29, 1.82) is 0 Å². The maximum atomic E-state index is 13.4. The lowest BCUT2D eigenvalue weighted by Crippen LogP contribution is -2.30. The van der Waals surface area contributed by atoms with E-state index in [1.807, 2.05) is 24.3 Å². The fourth-order valence-corrected chi connectivity index (χ4v) is 5.14. The lowest BCUT2D eigenvalue weighted by atomic mass is 10.2. The Balaban J connectivity index is 1.29. The van der Waals surface area contributed by atoms with E-state index < -0.39 is 17.1 Å². The van der Waals surface area contributed by atoms with Gasteiger partial charge in [0.1, 0.15) is 23.0 Å². The van der Waals surface area contributed by atoms with Gasteiger partial charge in [-0.05, 0) is 74.5 Å². The maximum Gasteiger partial charge on any atom is 0.272 e. The standard InChI is InChI=1S/C33H27BrN4O5S/c1-20-18-30(38-43-20)37-31(39)21(2)44-27-15-12-25(13-16-27)35-33(41)28(36-32(40)23-6-4-3-5-7-23)19-26-14-17-29(42-26)22-8-10-24(34)11-9-22/h3-19,21H,1-2H3,(H,35,41)(H,36,40)(H,37,38,39)/b28-19-/t21-/m0/s1. The smallest absolute Gasteiger partial charge is 0.272 e. The van der Waals surface area contributed by atoms with E-state index in [4.69, 9.17) is 8.94 Å². The molecule has 0 aliphatic carbocycles. The van der Waals surface area contributed by atoms with Gasteiger partial charge in [0.25, 0.3) is 11.8 Å². The van der Waals surface area contributed by atoms with Crippen molar-refractivity contribution in [3.05, 3.63) is 124 Å². The Morgan fingerprint density at radius 2 is 1.64 bits per heavy atom. The van der Waals surface area contributed by atoms with Crippen LogP contribution in [0, 0.1) is 6.92 Å². The van der Waals surface area contributed by atoms with Crippen LogP contribution in [0.1, 0.15) is 28.8 Å². The normalized spacial score (nSPS) is 11.9. The van der Waals surface area contributed by atoms with Crippen molar-refractivity contribution in [3.8, 4) is 11.3 Å². The second-order valence-electron chi connectivity index (χ2n) is 9.64. The third-order valence-electron chi connectivity index (χ3n) is 6.24. The van der Waals surface area contributed by atoms with E-state index in [9.17, 15) is 14.4 Å². The number of hydrogen-bond acceptors (Lipinski definition) is 7. The highest BCUT2D eigenvalue weighted by molar-refractivity contribution is 9.10. The first kappa shape index (κ1) is 30.6. The van der Waals surface area contributed by atoms with E-state index in [0.29, 0.717) is 34.3 Å². The first-order valence-corrected chi connectivity index (χ1v) is 15.2. The Morgan fingerprint density at radius 1 is 0.909 bits per heavy atom. The molecule has 0 aliphatic rings. The van der Waals surface area contributed by atoms with Crippen LogP contribution >= 0.6 is 27.7 Å². The van der Waals surface area contributed by atoms with E-state index in [1.54, 1.807) is 86.6 Å². The number of benzene rings is 3. The minimum absolute atomic E-state index is 0.00222. The van der Waals surface area contributed by atoms with Crippen LogP contribution in [0.4, 0.5) is 11.5 Å². The number of anilines is 2. The highest BCUT2D eigenvalue weighted by atomic mass is 79.9. The molecule has 3 N–H and O–H groups in total. The molecule has 5 aromatic rings. The Morgan fingerprint density at radius 3 is 2.32 bits per heavy atom. The summed E-state index contributed by atoms with van der Waals surface area (Å²) in [5.74, 6) is 0.779. The molecule has 44 heavy (non-hydrogen) atoms. The topological polar surface area (TPSA) is 126 Å². The minimum atomic E-state index is -0.535. The van der Waals surface area contributed by atoms with Gasteiger partial charge in [-0.15, -0.1) is 11.8 Å². The molecule has 9 nitrogen and oxygen atoms in total. The highest BCUT2D eigenvalue weighted by Crippen LogP contribution is 2.27. The van der Waals surface area contributed by atoms with Gasteiger partial charge in [-0.1, -0.05) is 51.4 Å². The van der Waals surface area contributed by atoms with Crippen LogP contribution in [-0.2, 0) is 9.59 Å². The van der Waals surface area contributed by atoms with Crippen molar-refractivity contribution in [2.75, 3.05) is 10.6 Å². The molecule has 3 amide bonds. The molecule has 222 valence electrons. The summed E-state index contributed by atoms with van der Waals surface area (Å²) < 4.78 is 11.9. The third-order valence-corrected chi connectivity index (χ3v) is 7.89. The lowest BCUT2D eigenvalue weighted by molar-refractivity contribution is -0.115. The number of nitrogens with zero attached hydrogens (tertiary/aromatic N) is 1. The summed E-state index contributed by atoms with van der Waals surface area (Å²) in [6.45, 7) is 3.53. The summed E-state index contributed by atoms with van der Waals surface area (Å²) in [5, 5.41) is 11.6. The molecule has 0 saturated carbocycles. The Labute approximate surface area is 266 Å². The first-order chi connectivity index (χ1) is 21.2. The maximum absolute atomic E-state index is 13.4. The lowest BCUT2D eigenvalue weighted by Gasteiger charge is -2.12. The number of carbonyl (C=O) groups excluding carboxylic acids is 3. The van der Waals surface area contributed by atoms with Gasteiger partial charge in [0.2, 0.25) is 5.91 Å². The Bertz CT molecular complexity index is 1800. The molecule has 0 aliphatic heterocycles. The fraction of sp³-hybridized carbons (Fsp3) is 0.0909. The summed E-state index contributed by atoms with van der Waals surface area (Å²) in [5.41, 5.74) is 1.77. The van der Waals surface area contributed by atoms with E-state index >= 15 is 0 Å². The summed E-state index contributed by atoms with van der Waals surface area (Å²) >= 11 is 4.78. The molecule has 11 heteroatoms. The summed E-state index contributed by atoms with van der Waals surface area (Å²) in [7, 11) is 0. The zero-order valence-electron chi connectivity index (χ0n) is 23.7. The number of hydrogen-bond donors (Lipinski definition) is 3. The summed E-state index contributed by atoms with van der Waals surface area (Å²) in [6, 6.07) is 28.5. The quantitative estimate of drug-likeness (QED) is 0.104. The molecule has 0 spiro atoms. The van der Waals surface area contributed by atoms with Crippen molar-refractivity contribution in [1.82, 2.24) is 10.5 Å². The molecule has 0 radical (unpaired) electrons. The number of halogens is 1.